The molecule has 0 spiro atoms. The zero-order valence-corrected chi connectivity index (χ0v) is 9.52. The van der Waals surface area contributed by atoms with Crippen LogP contribution in [0.5, 0.6) is 0 Å². The number of ether oxygens (including phenoxy) is 1. The van der Waals surface area contributed by atoms with Crippen molar-refractivity contribution in [2.45, 2.75) is 38.8 Å². The Hall–Kier alpha value is -0.810. The molecule has 1 rings (SSSR count). The summed E-state index contributed by atoms with van der Waals surface area (Å²) in [5, 5.41) is 11.6. The maximum Gasteiger partial charge on any atom is 0.140 e. The molecule has 3 N–H and O–H groups in total. The molecule has 0 bridgehead atoms. The van der Waals surface area contributed by atoms with Gasteiger partial charge in [0.25, 0.3) is 0 Å². The Kier molecular flexibility index (Phi) is 4.84. The van der Waals surface area contributed by atoms with Crippen LogP contribution in [0.1, 0.15) is 26.7 Å². The lowest BCUT2D eigenvalue weighted by Crippen LogP contribution is -2.47. The molecule has 15 heavy (non-hydrogen) atoms. The predicted molar refractivity (Wildman–Crippen MR) is 59.1 cm³/mol. The van der Waals surface area contributed by atoms with Crippen LogP contribution in [0.3, 0.4) is 0 Å². The van der Waals surface area contributed by atoms with Gasteiger partial charge in [-0.05, 0) is 13.3 Å². The predicted octanol–water partition coefficient (Wildman–Crippen LogP) is 0.622. The van der Waals surface area contributed by atoms with Gasteiger partial charge in [0.15, 0.2) is 0 Å². The second-order valence-corrected chi connectivity index (χ2v) is 4.03. The highest BCUT2D eigenvalue weighted by molar-refractivity contribution is 5.80. The van der Waals surface area contributed by atoms with Crippen LogP contribution in [0, 0.1) is 0 Å². The minimum Gasteiger partial charge on any atom is -0.409 e. The number of hydrogen-bond donors (Lipinski definition) is 2. The van der Waals surface area contributed by atoms with Gasteiger partial charge in [0, 0.05) is 25.6 Å². The fourth-order valence-corrected chi connectivity index (χ4v) is 1.99. The van der Waals surface area contributed by atoms with E-state index in [-0.39, 0.29) is 6.10 Å². The molecule has 1 saturated heterocycles. The zero-order chi connectivity index (χ0) is 11.3. The van der Waals surface area contributed by atoms with Gasteiger partial charge in [0.2, 0.25) is 0 Å². The molecule has 0 aliphatic carbocycles. The van der Waals surface area contributed by atoms with Gasteiger partial charge >= 0.3 is 0 Å². The van der Waals surface area contributed by atoms with Gasteiger partial charge in [-0.1, -0.05) is 12.1 Å². The maximum atomic E-state index is 8.55. The fraction of sp³-hybridized carbons (Fsp3) is 0.900. The van der Waals surface area contributed by atoms with Crippen molar-refractivity contribution in [3.05, 3.63) is 0 Å². The molecule has 5 heteroatoms. The van der Waals surface area contributed by atoms with E-state index in [1.807, 2.05) is 0 Å². The Balaban J connectivity index is 2.49. The van der Waals surface area contributed by atoms with Crippen molar-refractivity contribution in [2.75, 3.05) is 19.7 Å². The third-order valence-electron chi connectivity index (χ3n) is 2.83. The van der Waals surface area contributed by atoms with Gasteiger partial charge in [-0.2, -0.15) is 0 Å². The first kappa shape index (κ1) is 12.3. The standard InChI is InChI=1S/C10H21N3O2/c1-3-9(6-10(11)12-14)13-4-5-15-8(2)7-13/h8-9,14H,3-7H2,1-2H3,(H2,11,12). The Bertz CT molecular complexity index is 221. The van der Waals surface area contributed by atoms with Crippen molar-refractivity contribution in [3.8, 4) is 0 Å². The maximum absolute atomic E-state index is 8.55. The van der Waals surface area contributed by atoms with Crippen molar-refractivity contribution < 1.29 is 9.94 Å². The lowest BCUT2D eigenvalue weighted by Gasteiger charge is -2.36. The summed E-state index contributed by atoms with van der Waals surface area (Å²) in [5.41, 5.74) is 5.53. The highest BCUT2D eigenvalue weighted by atomic mass is 16.5. The molecule has 0 amide bonds. The number of rotatable bonds is 4. The van der Waals surface area contributed by atoms with Crippen molar-refractivity contribution in [3.63, 3.8) is 0 Å². The normalized spacial score (nSPS) is 26.5. The molecule has 0 aromatic rings. The number of morpholine rings is 1. The number of hydrogen-bond acceptors (Lipinski definition) is 4. The SMILES string of the molecule is CCC(C/C(N)=N/O)N1CCOC(C)C1. The Labute approximate surface area is 90.9 Å². The summed E-state index contributed by atoms with van der Waals surface area (Å²) < 4.78 is 5.48. The van der Waals surface area contributed by atoms with Crippen LogP contribution in [0.25, 0.3) is 0 Å². The van der Waals surface area contributed by atoms with Crippen LogP contribution in [0.2, 0.25) is 0 Å². The molecule has 5 nitrogen and oxygen atoms in total. The van der Waals surface area contributed by atoms with Crippen molar-refractivity contribution >= 4 is 5.84 Å². The van der Waals surface area contributed by atoms with Crippen LogP contribution in [-0.4, -0.2) is 47.8 Å². The van der Waals surface area contributed by atoms with Gasteiger partial charge in [0.1, 0.15) is 5.84 Å². The highest BCUT2D eigenvalue weighted by Crippen LogP contribution is 2.13. The van der Waals surface area contributed by atoms with Crippen LogP contribution >= 0.6 is 0 Å². The Morgan fingerprint density at radius 2 is 2.47 bits per heavy atom. The summed E-state index contributed by atoms with van der Waals surface area (Å²) >= 11 is 0. The largest absolute Gasteiger partial charge is 0.409 e. The summed E-state index contributed by atoms with van der Waals surface area (Å²) in [7, 11) is 0. The van der Waals surface area contributed by atoms with E-state index in [0.29, 0.717) is 18.3 Å². The number of nitrogens with zero attached hydrogens (tertiary/aromatic N) is 2. The molecule has 0 radical (unpaired) electrons. The van der Waals surface area contributed by atoms with Crippen LogP contribution in [-0.2, 0) is 4.74 Å². The summed E-state index contributed by atoms with van der Waals surface area (Å²) in [5.74, 6) is 0.306. The molecular weight excluding hydrogens is 194 g/mol. The van der Waals surface area contributed by atoms with Crippen LogP contribution in [0.15, 0.2) is 5.16 Å². The summed E-state index contributed by atoms with van der Waals surface area (Å²) in [6.45, 7) is 6.82. The van der Waals surface area contributed by atoms with Gasteiger partial charge in [-0.15, -0.1) is 0 Å². The van der Waals surface area contributed by atoms with E-state index in [2.05, 4.69) is 23.9 Å². The van der Waals surface area contributed by atoms with E-state index in [1.54, 1.807) is 0 Å². The van der Waals surface area contributed by atoms with Gasteiger partial charge < -0.3 is 15.7 Å². The average molecular weight is 215 g/mol. The Morgan fingerprint density at radius 3 is 3.00 bits per heavy atom. The molecule has 1 aliphatic heterocycles. The molecule has 1 heterocycles. The van der Waals surface area contributed by atoms with E-state index in [0.717, 1.165) is 26.1 Å². The topological polar surface area (TPSA) is 71.1 Å². The Morgan fingerprint density at radius 1 is 1.73 bits per heavy atom. The van der Waals surface area contributed by atoms with Crippen LogP contribution in [0.4, 0.5) is 0 Å². The number of amidine groups is 1. The molecule has 1 aliphatic rings. The summed E-state index contributed by atoms with van der Waals surface area (Å²) in [6, 6.07) is 0.354. The molecule has 2 unspecified atom stereocenters. The van der Waals surface area contributed by atoms with E-state index >= 15 is 0 Å². The summed E-state index contributed by atoms with van der Waals surface area (Å²) in [4.78, 5) is 2.35. The first-order valence-corrected chi connectivity index (χ1v) is 5.49. The van der Waals surface area contributed by atoms with Crippen molar-refractivity contribution in [1.29, 1.82) is 0 Å². The second-order valence-electron chi connectivity index (χ2n) is 4.03. The first-order chi connectivity index (χ1) is 7.17. The lowest BCUT2D eigenvalue weighted by atomic mass is 10.1. The summed E-state index contributed by atoms with van der Waals surface area (Å²) in [6.07, 6.45) is 1.91. The number of nitrogens with two attached hydrogens (primary N) is 1. The third-order valence-corrected chi connectivity index (χ3v) is 2.83. The fourth-order valence-electron chi connectivity index (χ4n) is 1.99. The number of oxime groups is 1. The van der Waals surface area contributed by atoms with Crippen molar-refractivity contribution in [1.82, 2.24) is 4.90 Å². The van der Waals surface area contributed by atoms with E-state index in [9.17, 15) is 0 Å². The molecule has 1 fully saturated rings. The third kappa shape index (κ3) is 3.68. The molecule has 0 saturated carbocycles. The molecule has 88 valence electrons. The minimum absolute atomic E-state index is 0.278. The van der Waals surface area contributed by atoms with Gasteiger partial charge in [0.05, 0.1) is 12.7 Å². The second kappa shape index (κ2) is 5.92. The average Bonchev–Trinajstić information content (AvgIpc) is 2.25. The quantitative estimate of drug-likeness (QED) is 0.312. The van der Waals surface area contributed by atoms with E-state index in [1.165, 1.54) is 0 Å². The van der Waals surface area contributed by atoms with Gasteiger partial charge in [-0.25, -0.2) is 0 Å². The molecule has 0 aromatic heterocycles. The zero-order valence-electron chi connectivity index (χ0n) is 9.52. The smallest absolute Gasteiger partial charge is 0.140 e. The molecule has 0 aromatic carbocycles. The van der Waals surface area contributed by atoms with E-state index in [4.69, 9.17) is 15.7 Å². The molecular formula is C10H21N3O2. The first-order valence-electron chi connectivity index (χ1n) is 5.49. The highest BCUT2D eigenvalue weighted by Gasteiger charge is 2.23. The minimum atomic E-state index is 0.278. The lowest BCUT2D eigenvalue weighted by molar-refractivity contribution is -0.0336. The van der Waals surface area contributed by atoms with Gasteiger partial charge in [-0.3, -0.25) is 4.90 Å². The van der Waals surface area contributed by atoms with Crippen LogP contribution < -0.4 is 5.73 Å². The van der Waals surface area contributed by atoms with E-state index < -0.39 is 0 Å². The van der Waals surface area contributed by atoms with Crippen molar-refractivity contribution in [2.24, 2.45) is 10.9 Å². The monoisotopic (exact) mass is 215 g/mol. The molecule has 2 atom stereocenters.